The molecule has 1 saturated heterocycles. The Morgan fingerprint density at radius 1 is 1.19 bits per heavy atom. The van der Waals surface area contributed by atoms with Crippen molar-refractivity contribution in [3.63, 3.8) is 0 Å². The first-order valence-corrected chi connectivity index (χ1v) is 9.26. The van der Waals surface area contributed by atoms with Gasteiger partial charge in [-0.1, -0.05) is 36.4 Å². The Labute approximate surface area is 160 Å². The maximum atomic E-state index is 11.8. The molecule has 27 heavy (non-hydrogen) atoms. The van der Waals surface area contributed by atoms with Crippen molar-refractivity contribution < 1.29 is 14.3 Å². The second kappa shape index (κ2) is 9.39. The lowest BCUT2D eigenvalue weighted by atomic mass is 9.97. The van der Waals surface area contributed by atoms with E-state index in [1.165, 1.54) is 0 Å². The molecule has 1 unspecified atom stereocenters. The van der Waals surface area contributed by atoms with Gasteiger partial charge in [-0.2, -0.15) is 0 Å². The topological polar surface area (TPSA) is 76.8 Å². The van der Waals surface area contributed by atoms with E-state index in [2.05, 4.69) is 16.4 Å². The number of hydrogen-bond donors (Lipinski definition) is 2. The summed E-state index contributed by atoms with van der Waals surface area (Å²) in [5.74, 6) is 6.60. The third-order valence-corrected chi connectivity index (χ3v) is 4.89. The van der Waals surface area contributed by atoms with Crippen molar-refractivity contribution in [1.82, 2.24) is 10.3 Å². The van der Waals surface area contributed by atoms with E-state index in [1.807, 2.05) is 42.5 Å². The Kier molecular flexibility index (Phi) is 6.68. The third kappa shape index (κ3) is 5.21. The Morgan fingerprint density at radius 3 is 2.74 bits per heavy atom. The van der Waals surface area contributed by atoms with E-state index in [0.717, 1.165) is 55.1 Å². The molecule has 2 aromatic carbocycles. The Morgan fingerprint density at radius 2 is 2.00 bits per heavy atom. The normalized spacial score (nSPS) is 17.3. The standard InChI is InChI=1S/C21H27N3O3/c1-26-20-12-17(13-24-11-5-8-18(14-24)21(25)23-22)9-10-19(20)27-15-16-6-3-2-4-7-16/h2-4,6-7,9-10,12,18H,5,8,11,13-15,22H2,1H3,(H,23,25). The van der Waals surface area contributed by atoms with Crippen molar-refractivity contribution in [2.24, 2.45) is 11.8 Å². The number of amides is 1. The number of methoxy groups -OCH3 is 1. The average Bonchev–Trinajstić information content (AvgIpc) is 2.73. The summed E-state index contributed by atoms with van der Waals surface area (Å²) >= 11 is 0. The van der Waals surface area contributed by atoms with Crippen LogP contribution in [0.3, 0.4) is 0 Å². The first kappa shape index (κ1) is 19.2. The molecule has 1 fully saturated rings. The van der Waals surface area contributed by atoms with E-state index < -0.39 is 0 Å². The molecule has 6 heteroatoms. The van der Waals surface area contributed by atoms with Crippen LogP contribution in [0.5, 0.6) is 11.5 Å². The highest BCUT2D eigenvalue weighted by molar-refractivity contribution is 5.78. The molecule has 3 N–H and O–H groups in total. The number of nitrogens with two attached hydrogens (primary N) is 1. The summed E-state index contributed by atoms with van der Waals surface area (Å²) < 4.78 is 11.4. The van der Waals surface area contributed by atoms with E-state index in [9.17, 15) is 4.79 Å². The maximum Gasteiger partial charge on any atom is 0.238 e. The van der Waals surface area contributed by atoms with Crippen LogP contribution >= 0.6 is 0 Å². The number of benzene rings is 2. The number of nitrogens with one attached hydrogen (secondary N) is 1. The molecule has 0 aromatic heterocycles. The summed E-state index contributed by atoms with van der Waals surface area (Å²) in [7, 11) is 1.65. The number of carbonyl (C=O) groups is 1. The van der Waals surface area contributed by atoms with Crippen LogP contribution in [0.1, 0.15) is 24.0 Å². The second-order valence-electron chi connectivity index (χ2n) is 6.84. The molecular formula is C21H27N3O3. The van der Waals surface area contributed by atoms with Gasteiger partial charge in [-0.15, -0.1) is 0 Å². The summed E-state index contributed by atoms with van der Waals surface area (Å²) in [5.41, 5.74) is 4.51. The number of rotatable bonds is 7. The summed E-state index contributed by atoms with van der Waals surface area (Å²) in [6, 6.07) is 16.1. The predicted octanol–water partition coefficient (Wildman–Crippen LogP) is 2.48. The zero-order chi connectivity index (χ0) is 19.1. The van der Waals surface area contributed by atoms with Crippen molar-refractivity contribution in [3.05, 3.63) is 59.7 Å². The largest absolute Gasteiger partial charge is 0.493 e. The Hall–Kier alpha value is -2.57. The predicted molar refractivity (Wildman–Crippen MR) is 104 cm³/mol. The van der Waals surface area contributed by atoms with Crippen molar-refractivity contribution >= 4 is 5.91 Å². The smallest absolute Gasteiger partial charge is 0.238 e. The average molecular weight is 369 g/mol. The van der Waals surface area contributed by atoms with Gasteiger partial charge in [0.15, 0.2) is 11.5 Å². The van der Waals surface area contributed by atoms with Crippen LogP contribution in [0.2, 0.25) is 0 Å². The molecule has 0 saturated carbocycles. The van der Waals surface area contributed by atoms with Gasteiger partial charge in [-0.3, -0.25) is 15.1 Å². The van der Waals surface area contributed by atoms with Crippen molar-refractivity contribution in [1.29, 1.82) is 0 Å². The molecule has 144 valence electrons. The molecule has 1 aliphatic rings. The van der Waals surface area contributed by atoms with Crippen molar-refractivity contribution in [3.8, 4) is 11.5 Å². The fraction of sp³-hybridized carbons (Fsp3) is 0.381. The molecule has 2 aromatic rings. The zero-order valence-corrected chi connectivity index (χ0v) is 15.7. The summed E-state index contributed by atoms with van der Waals surface area (Å²) in [4.78, 5) is 14.1. The van der Waals surface area contributed by atoms with Crippen molar-refractivity contribution in [2.75, 3.05) is 20.2 Å². The molecule has 0 radical (unpaired) electrons. The lowest BCUT2D eigenvalue weighted by Crippen LogP contribution is -2.44. The number of hydrogen-bond acceptors (Lipinski definition) is 5. The van der Waals surface area contributed by atoms with Crippen LogP contribution in [0.4, 0.5) is 0 Å². The van der Waals surface area contributed by atoms with Crippen molar-refractivity contribution in [2.45, 2.75) is 26.0 Å². The van der Waals surface area contributed by atoms with Gasteiger partial charge >= 0.3 is 0 Å². The van der Waals surface area contributed by atoms with Gasteiger partial charge in [0, 0.05) is 13.1 Å². The minimum atomic E-state index is -0.0815. The van der Waals surface area contributed by atoms with Gasteiger partial charge in [0.05, 0.1) is 13.0 Å². The first-order valence-electron chi connectivity index (χ1n) is 9.26. The fourth-order valence-corrected chi connectivity index (χ4v) is 3.45. The maximum absolute atomic E-state index is 11.8. The SMILES string of the molecule is COc1cc(CN2CCCC(C(=O)NN)C2)ccc1OCc1ccccc1. The molecular weight excluding hydrogens is 342 g/mol. The van der Waals surface area contributed by atoms with E-state index in [-0.39, 0.29) is 11.8 Å². The summed E-state index contributed by atoms with van der Waals surface area (Å²) in [6.45, 7) is 2.96. The van der Waals surface area contributed by atoms with Gasteiger partial charge < -0.3 is 9.47 Å². The highest BCUT2D eigenvalue weighted by Gasteiger charge is 2.25. The molecule has 0 aliphatic carbocycles. The summed E-state index contributed by atoms with van der Waals surface area (Å²) in [6.07, 6.45) is 1.88. The van der Waals surface area contributed by atoms with Crippen LogP contribution in [0.25, 0.3) is 0 Å². The molecule has 1 atom stereocenters. The van der Waals surface area contributed by atoms with Crippen LogP contribution in [0.15, 0.2) is 48.5 Å². The van der Waals surface area contributed by atoms with E-state index in [4.69, 9.17) is 15.3 Å². The first-order chi connectivity index (χ1) is 13.2. The number of ether oxygens (including phenoxy) is 2. The number of carbonyl (C=O) groups excluding carboxylic acids is 1. The van der Waals surface area contributed by atoms with Gasteiger partial charge in [0.25, 0.3) is 0 Å². The van der Waals surface area contributed by atoms with E-state index >= 15 is 0 Å². The number of nitrogens with zero attached hydrogens (tertiary/aromatic N) is 1. The quantitative estimate of drug-likeness (QED) is 0.445. The number of hydrazine groups is 1. The highest BCUT2D eigenvalue weighted by Crippen LogP contribution is 2.30. The van der Waals surface area contributed by atoms with Gasteiger partial charge in [0.2, 0.25) is 5.91 Å². The zero-order valence-electron chi connectivity index (χ0n) is 15.7. The minimum absolute atomic E-state index is 0.0425. The molecule has 1 aliphatic heterocycles. The van der Waals surface area contributed by atoms with E-state index in [0.29, 0.717) is 6.61 Å². The molecule has 1 heterocycles. The lowest BCUT2D eigenvalue weighted by Gasteiger charge is -2.31. The second-order valence-corrected chi connectivity index (χ2v) is 6.84. The summed E-state index contributed by atoms with van der Waals surface area (Å²) in [5, 5.41) is 0. The van der Waals surface area contributed by atoms with Gasteiger partial charge in [-0.25, -0.2) is 5.84 Å². The lowest BCUT2D eigenvalue weighted by molar-refractivity contribution is -0.126. The number of likely N-dealkylation sites (tertiary alicyclic amines) is 1. The van der Waals surface area contributed by atoms with E-state index in [1.54, 1.807) is 7.11 Å². The monoisotopic (exact) mass is 369 g/mol. The third-order valence-electron chi connectivity index (χ3n) is 4.89. The fourth-order valence-electron chi connectivity index (χ4n) is 3.45. The molecule has 0 spiro atoms. The highest BCUT2D eigenvalue weighted by atomic mass is 16.5. The molecule has 3 rings (SSSR count). The van der Waals surface area contributed by atoms with Crippen LogP contribution in [-0.4, -0.2) is 31.0 Å². The number of piperidine rings is 1. The van der Waals surface area contributed by atoms with Gasteiger partial charge in [0.1, 0.15) is 6.61 Å². The molecule has 0 bridgehead atoms. The molecule has 6 nitrogen and oxygen atoms in total. The Balaban J connectivity index is 1.62. The van der Waals surface area contributed by atoms with Crippen LogP contribution in [-0.2, 0) is 17.9 Å². The van der Waals surface area contributed by atoms with Gasteiger partial charge in [-0.05, 0) is 42.6 Å². The van der Waals surface area contributed by atoms with Crippen LogP contribution in [0, 0.1) is 5.92 Å². The molecule has 1 amide bonds. The Bertz CT molecular complexity index is 752. The van der Waals surface area contributed by atoms with Crippen LogP contribution < -0.4 is 20.7 Å². The minimum Gasteiger partial charge on any atom is -0.493 e.